The van der Waals surface area contributed by atoms with E-state index in [0.717, 1.165) is 0 Å². The van der Waals surface area contributed by atoms with Gasteiger partial charge in [0.25, 0.3) is 5.91 Å². The maximum Gasteiger partial charge on any atom is 0.252 e. The monoisotopic (exact) mass is 352 g/mol. The Morgan fingerprint density at radius 2 is 2.13 bits per heavy atom. The zero-order chi connectivity index (χ0) is 16.7. The van der Waals surface area contributed by atoms with Crippen LogP contribution in [0.2, 0.25) is 5.02 Å². The van der Waals surface area contributed by atoms with E-state index in [-0.39, 0.29) is 11.8 Å². The van der Waals surface area contributed by atoms with Gasteiger partial charge in [-0.3, -0.25) is 9.59 Å². The van der Waals surface area contributed by atoms with E-state index in [0.29, 0.717) is 41.4 Å². The lowest BCUT2D eigenvalue weighted by Crippen LogP contribution is -2.25. The van der Waals surface area contributed by atoms with Crippen LogP contribution in [-0.4, -0.2) is 25.5 Å². The first kappa shape index (κ1) is 17.3. The summed E-state index contributed by atoms with van der Waals surface area (Å²) in [5, 5.41) is 9.61. The molecule has 2 amide bonds. The van der Waals surface area contributed by atoms with E-state index in [2.05, 4.69) is 10.6 Å². The molecule has 2 N–H and O–H groups in total. The number of nitrogens with one attached hydrogen (secondary N) is 2. The topological polar surface area (TPSA) is 67.4 Å². The Labute approximate surface area is 143 Å². The van der Waals surface area contributed by atoms with Crippen LogP contribution in [0.1, 0.15) is 23.2 Å². The molecule has 0 atom stereocenters. The highest BCUT2D eigenvalue weighted by atomic mass is 35.5. The highest BCUT2D eigenvalue weighted by molar-refractivity contribution is 7.08. The zero-order valence-corrected chi connectivity index (χ0v) is 14.2. The SMILES string of the molecule is COc1ccc(NC(=O)CCCNC(=O)c2ccsc2)cc1Cl. The van der Waals surface area contributed by atoms with Gasteiger partial charge in [-0.15, -0.1) is 0 Å². The van der Waals surface area contributed by atoms with Gasteiger partial charge in [-0.05, 0) is 36.1 Å². The number of thiophene rings is 1. The fourth-order valence-corrected chi connectivity index (χ4v) is 2.81. The van der Waals surface area contributed by atoms with Crippen molar-refractivity contribution in [1.82, 2.24) is 5.32 Å². The number of methoxy groups -OCH3 is 1. The Morgan fingerprint density at radius 3 is 2.78 bits per heavy atom. The lowest BCUT2D eigenvalue weighted by molar-refractivity contribution is -0.116. The molecule has 0 aliphatic heterocycles. The van der Waals surface area contributed by atoms with Gasteiger partial charge in [0.05, 0.1) is 12.1 Å². The first-order valence-corrected chi connectivity index (χ1v) is 8.36. The molecule has 0 radical (unpaired) electrons. The number of halogens is 1. The van der Waals surface area contributed by atoms with Crippen molar-refractivity contribution in [2.24, 2.45) is 0 Å². The second-order valence-corrected chi connectivity index (χ2v) is 5.96. The Morgan fingerprint density at radius 1 is 1.30 bits per heavy atom. The summed E-state index contributed by atoms with van der Waals surface area (Å²) in [6.45, 7) is 0.450. The molecule has 1 aromatic carbocycles. The van der Waals surface area contributed by atoms with Crippen molar-refractivity contribution in [2.45, 2.75) is 12.8 Å². The molecule has 0 spiro atoms. The summed E-state index contributed by atoms with van der Waals surface area (Å²) in [6, 6.07) is 6.82. The molecule has 122 valence electrons. The minimum Gasteiger partial charge on any atom is -0.495 e. The number of hydrogen-bond acceptors (Lipinski definition) is 4. The van der Waals surface area contributed by atoms with Crippen LogP contribution in [0.4, 0.5) is 5.69 Å². The molecule has 0 unspecified atom stereocenters. The van der Waals surface area contributed by atoms with E-state index in [1.165, 1.54) is 18.4 Å². The van der Waals surface area contributed by atoms with Crippen molar-refractivity contribution < 1.29 is 14.3 Å². The molecule has 5 nitrogen and oxygen atoms in total. The molecule has 0 aliphatic rings. The van der Waals surface area contributed by atoms with Crippen molar-refractivity contribution in [3.05, 3.63) is 45.6 Å². The molecule has 7 heteroatoms. The molecule has 1 aromatic heterocycles. The van der Waals surface area contributed by atoms with E-state index in [1.807, 2.05) is 5.38 Å². The van der Waals surface area contributed by atoms with Crippen LogP contribution < -0.4 is 15.4 Å². The third-order valence-corrected chi connectivity index (χ3v) is 4.06. The third-order valence-electron chi connectivity index (χ3n) is 3.09. The smallest absolute Gasteiger partial charge is 0.252 e. The Bertz CT molecular complexity index is 674. The molecule has 1 heterocycles. The minimum absolute atomic E-state index is 0.117. The molecule has 23 heavy (non-hydrogen) atoms. The molecule has 2 aromatic rings. The fraction of sp³-hybridized carbons (Fsp3) is 0.250. The fourth-order valence-electron chi connectivity index (χ4n) is 1.91. The summed E-state index contributed by atoms with van der Waals surface area (Å²) in [6.07, 6.45) is 0.874. The first-order chi connectivity index (χ1) is 11.1. The van der Waals surface area contributed by atoms with Crippen molar-refractivity contribution >= 4 is 40.4 Å². The van der Waals surface area contributed by atoms with Crippen molar-refractivity contribution in [3.63, 3.8) is 0 Å². The molecule has 0 saturated carbocycles. The highest BCUT2D eigenvalue weighted by Crippen LogP contribution is 2.27. The largest absolute Gasteiger partial charge is 0.495 e. The maximum atomic E-state index is 11.9. The number of carbonyl (C=O) groups is 2. The minimum atomic E-state index is -0.129. The summed E-state index contributed by atoms with van der Waals surface area (Å²) in [4.78, 5) is 23.6. The number of amides is 2. The van der Waals surface area contributed by atoms with E-state index >= 15 is 0 Å². The van der Waals surface area contributed by atoms with E-state index in [4.69, 9.17) is 16.3 Å². The van der Waals surface area contributed by atoms with Gasteiger partial charge in [-0.1, -0.05) is 11.6 Å². The average molecular weight is 353 g/mol. The Hall–Kier alpha value is -2.05. The summed E-state index contributed by atoms with van der Waals surface area (Å²) in [5.74, 6) is 0.311. The summed E-state index contributed by atoms with van der Waals surface area (Å²) in [5.41, 5.74) is 1.26. The molecular formula is C16H17ClN2O3S. The van der Waals surface area contributed by atoms with Gasteiger partial charge in [0.2, 0.25) is 5.91 Å². The molecule has 0 saturated heterocycles. The third kappa shape index (κ3) is 5.26. The summed E-state index contributed by atoms with van der Waals surface area (Å²) < 4.78 is 5.05. The zero-order valence-electron chi connectivity index (χ0n) is 12.6. The van der Waals surface area contributed by atoms with Gasteiger partial charge < -0.3 is 15.4 Å². The van der Waals surface area contributed by atoms with Crippen molar-refractivity contribution in [1.29, 1.82) is 0 Å². The van der Waals surface area contributed by atoms with Crippen LogP contribution in [0, 0.1) is 0 Å². The summed E-state index contributed by atoms with van der Waals surface area (Å²) in [7, 11) is 1.53. The quantitative estimate of drug-likeness (QED) is 0.749. The lowest BCUT2D eigenvalue weighted by atomic mass is 10.2. The van der Waals surface area contributed by atoms with Gasteiger partial charge in [0, 0.05) is 29.6 Å². The summed E-state index contributed by atoms with van der Waals surface area (Å²) >= 11 is 7.47. The Balaban J connectivity index is 1.71. The highest BCUT2D eigenvalue weighted by Gasteiger charge is 2.07. The van der Waals surface area contributed by atoms with E-state index < -0.39 is 0 Å². The van der Waals surface area contributed by atoms with Crippen LogP contribution >= 0.6 is 22.9 Å². The van der Waals surface area contributed by atoms with Crippen LogP contribution in [0.25, 0.3) is 0 Å². The second-order valence-electron chi connectivity index (χ2n) is 4.77. The van der Waals surface area contributed by atoms with Gasteiger partial charge in [0.15, 0.2) is 0 Å². The number of rotatable bonds is 7. The number of carbonyl (C=O) groups excluding carboxylic acids is 2. The molecule has 0 aliphatic carbocycles. The number of ether oxygens (including phenoxy) is 1. The molecular weight excluding hydrogens is 336 g/mol. The maximum absolute atomic E-state index is 11.9. The molecule has 0 bridgehead atoms. The van der Waals surface area contributed by atoms with Crippen LogP contribution in [-0.2, 0) is 4.79 Å². The van der Waals surface area contributed by atoms with Crippen molar-refractivity contribution in [2.75, 3.05) is 19.0 Å². The van der Waals surface area contributed by atoms with E-state index in [1.54, 1.807) is 29.6 Å². The van der Waals surface area contributed by atoms with Gasteiger partial charge >= 0.3 is 0 Å². The Kier molecular flexibility index (Phi) is 6.43. The normalized spacial score (nSPS) is 10.2. The van der Waals surface area contributed by atoms with Crippen LogP contribution in [0.15, 0.2) is 35.0 Å². The second kappa shape index (κ2) is 8.55. The lowest BCUT2D eigenvalue weighted by Gasteiger charge is -2.08. The molecule has 0 fully saturated rings. The van der Waals surface area contributed by atoms with Crippen LogP contribution in [0.5, 0.6) is 5.75 Å². The van der Waals surface area contributed by atoms with Crippen molar-refractivity contribution in [3.8, 4) is 5.75 Å². The van der Waals surface area contributed by atoms with Gasteiger partial charge in [-0.2, -0.15) is 11.3 Å². The van der Waals surface area contributed by atoms with Gasteiger partial charge in [0.1, 0.15) is 5.75 Å². The predicted octanol–water partition coefficient (Wildman–Crippen LogP) is 3.56. The average Bonchev–Trinajstić information content (AvgIpc) is 3.06. The predicted molar refractivity (Wildman–Crippen MR) is 92.5 cm³/mol. The molecule has 2 rings (SSSR count). The number of anilines is 1. The van der Waals surface area contributed by atoms with E-state index in [9.17, 15) is 9.59 Å². The first-order valence-electron chi connectivity index (χ1n) is 7.04. The van der Waals surface area contributed by atoms with Gasteiger partial charge in [-0.25, -0.2) is 0 Å². The standard InChI is InChI=1S/C16H17ClN2O3S/c1-22-14-5-4-12(9-13(14)17)19-15(20)3-2-7-18-16(21)11-6-8-23-10-11/h4-6,8-10H,2-3,7H2,1H3,(H,18,21)(H,19,20). The number of hydrogen-bond donors (Lipinski definition) is 2. The van der Waals surface area contributed by atoms with Crippen LogP contribution in [0.3, 0.4) is 0 Å². The number of benzene rings is 1.